The summed E-state index contributed by atoms with van der Waals surface area (Å²) in [5.74, 6) is 0.899. The number of carbonyl (C=O) groups excluding carboxylic acids is 1. The first-order valence-electron chi connectivity index (χ1n) is 8.47. The Kier molecular flexibility index (Phi) is 2.62. The normalized spacial score (nSPS) is 50.6. The van der Waals surface area contributed by atoms with Crippen molar-refractivity contribution >= 4 is 5.91 Å². The first-order chi connectivity index (χ1) is 9.52. The van der Waals surface area contributed by atoms with Crippen molar-refractivity contribution in [2.24, 2.45) is 16.7 Å². The van der Waals surface area contributed by atoms with Gasteiger partial charge < -0.3 is 10.1 Å². The van der Waals surface area contributed by atoms with Crippen LogP contribution in [0, 0.1) is 16.7 Å². The zero-order valence-corrected chi connectivity index (χ0v) is 12.8. The lowest BCUT2D eigenvalue weighted by molar-refractivity contribution is -0.156. The zero-order valence-electron chi connectivity index (χ0n) is 12.8. The van der Waals surface area contributed by atoms with Crippen LogP contribution < -0.4 is 5.32 Å². The van der Waals surface area contributed by atoms with E-state index in [2.05, 4.69) is 19.2 Å². The van der Waals surface area contributed by atoms with Gasteiger partial charge in [-0.3, -0.25) is 4.79 Å². The van der Waals surface area contributed by atoms with Crippen LogP contribution >= 0.6 is 0 Å². The van der Waals surface area contributed by atoms with Crippen LogP contribution in [0.25, 0.3) is 0 Å². The van der Waals surface area contributed by atoms with Gasteiger partial charge in [0.1, 0.15) is 0 Å². The van der Waals surface area contributed by atoms with Gasteiger partial charge >= 0.3 is 0 Å². The van der Waals surface area contributed by atoms with Crippen LogP contribution in [0.3, 0.4) is 0 Å². The molecule has 4 atom stereocenters. The van der Waals surface area contributed by atoms with Crippen molar-refractivity contribution in [1.82, 2.24) is 5.32 Å². The van der Waals surface area contributed by atoms with Crippen molar-refractivity contribution in [3.05, 3.63) is 0 Å². The zero-order chi connectivity index (χ0) is 14.0. The summed E-state index contributed by atoms with van der Waals surface area (Å²) in [7, 11) is 0. The minimum absolute atomic E-state index is 0.0589. The van der Waals surface area contributed by atoms with Gasteiger partial charge in [-0.15, -0.1) is 0 Å². The second kappa shape index (κ2) is 4.00. The third-order valence-electron chi connectivity index (χ3n) is 7.51. The molecule has 1 heterocycles. The number of amides is 1. The highest BCUT2D eigenvalue weighted by Crippen LogP contribution is 2.75. The second-order valence-electron chi connectivity index (χ2n) is 8.11. The lowest BCUT2D eigenvalue weighted by Gasteiger charge is -2.41. The minimum Gasteiger partial charge on any atom is -0.364 e. The predicted octanol–water partition coefficient (Wildman–Crippen LogP) is 3.03. The van der Waals surface area contributed by atoms with E-state index in [0.717, 1.165) is 32.3 Å². The molecule has 3 aliphatic carbocycles. The molecule has 4 fully saturated rings. The van der Waals surface area contributed by atoms with E-state index in [1.54, 1.807) is 0 Å². The fourth-order valence-electron chi connectivity index (χ4n) is 5.81. The number of hydrogen-bond donors (Lipinski definition) is 1. The molecule has 1 aliphatic heterocycles. The number of nitrogens with one attached hydrogen (secondary N) is 1. The molecular weight excluding hydrogens is 250 g/mol. The first kappa shape index (κ1) is 13.1. The lowest BCUT2D eigenvalue weighted by atomic mass is 9.66. The van der Waals surface area contributed by atoms with Crippen molar-refractivity contribution in [3.63, 3.8) is 0 Å². The first-order valence-corrected chi connectivity index (χ1v) is 8.47. The predicted molar refractivity (Wildman–Crippen MR) is 77.3 cm³/mol. The molecule has 0 aromatic carbocycles. The molecule has 0 aromatic heterocycles. The van der Waals surface area contributed by atoms with Crippen LogP contribution in [0.5, 0.6) is 0 Å². The van der Waals surface area contributed by atoms with Crippen LogP contribution in [0.1, 0.15) is 65.2 Å². The number of hydrogen-bond acceptors (Lipinski definition) is 2. The van der Waals surface area contributed by atoms with E-state index in [-0.39, 0.29) is 16.7 Å². The van der Waals surface area contributed by atoms with Crippen molar-refractivity contribution in [1.29, 1.82) is 0 Å². The summed E-state index contributed by atoms with van der Waals surface area (Å²) in [5.41, 5.74) is -0.220. The van der Waals surface area contributed by atoms with Crippen LogP contribution in [0.4, 0.5) is 0 Å². The van der Waals surface area contributed by atoms with Gasteiger partial charge in [-0.1, -0.05) is 33.1 Å². The average molecular weight is 277 g/mol. The molecule has 20 heavy (non-hydrogen) atoms. The number of rotatable bonds is 2. The Balaban J connectivity index is 1.57. The van der Waals surface area contributed by atoms with Crippen LogP contribution in [0.15, 0.2) is 0 Å². The number of ether oxygens (including phenoxy) is 1. The van der Waals surface area contributed by atoms with E-state index >= 15 is 0 Å². The summed E-state index contributed by atoms with van der Waals surface area (Å²) in [4.78, 5) is 13.0. The van der Waals surface area contributed by atoms with Gasteiger partial charge in [-0.25, -0.2) is 0 Å². The Bertz CT molecular complexity index is 444. The summed E-state index contributed by atoms with van der Waals surface area (Å²) in [6.45, 7) is 5.45. The molecule has 1 amide bonds. The molecule has 4 aliphatic rings. The van der Waals surface area contributed by atoms with Crippen molar-refractivity contribution in [3.8, 4) is 0 Å². The maximum atomic E-state index is 13.0. The van der Waals surface area contributed by atoms with Gasteiger partial charge in [-0.2, -0.15) is 0 Å². The van der Waals surface area contributed by atoms with E-state index in [1.165, 1.54) is 25.7 Å². The second-order valence-corrected chi connectivity index (χ2v) is 8.11. The van der Waals surface area contributed by atoms with E-state index < -0.39 is 5.60 Å². The minimum atomic E-state index is -0.512. The van der Waals surface area contributed by atoms with E-state index in [4.69, 9.17) is 4.74 Å². The molecule has 0 spiro atoms. The Morgan fingerprint density at radius 1 is 1.15 bits per heavy atom. The molecule has 1 N–H and O–H groups in total. The third-order valence-corrected chi connectivity index (χ3v) is 7.51. The smallest absolute Gasteiger partial charge is 0.253 e. The van der Waals surface area contributed by atoms with Crippen molar-refractivity contribution < 1.29 is 9.53 Å². The van der Waals surface area contributed by atoms with Crippen molar-refractivity contribution in [2.45, 2.75) is 76.9 Å². The van der Waals surface area contributed by atoms with Gasteiger partial charge in [0, 0.05) is 16.9 Å². The van der Waals surface area contributed by atoms with Crippen LogP contribution in [-0.4, -0.2) is 24.2 Å². The largest absolute Gasteiger partial charge is 0.364 e. The Labute approximate surface area is 121 Å². The fraction of sp³-hybridized carbons (Fsp3) is 0.941. The van der Waals surface area contributed by atoms with Gasteiger partial charge in [0.15, 0.2) is 5.60 Å². The molecule has 3 saturated carbocycles. The molecular formula is C17H27NO2. The SMILES string of the molecule is C[C@]12CC[C@H]3C[C@]1(C(=O)NC1CCCCC1)OC[C@@]32C. The summed E-state index contributed by atoms with van der Waals surface area (Å²) >= 11 is 0. The number of carbonyl (C=O) groups is 1. The Morgan fingerprint density at radius 2 is 1.90 bits per heavy atom. The summed E-state index contributed by atoms with van der Waals surface area (Å²) < 4.78 is 6.17. The topological polar surface area (TPSA) is 38.3 Å². The Hall–Kier alpha value is -0.570. The third kappa shape index (κ3) is 1.33. The molecule has 112 valence electrons. The average Bonchev–Trinajstić information content (AvgIpc) is 2.92. The van der Waals surface area contributed by atoms with E-state index in [0.29, 0.717) is 12.0 Å². The Morgan fingerprint density at radius 3 is 2.55 bits per heavy atom. The standard InChI is InChI=1S/C17H27NO2/c1-15-11-20-17(10-12(15)8-9-16(15,17)2)14(19)18-13-6-4-3-5-7-13/h12-13H,3-11H2,1-2H3,(H,18,19)/t12-,15-,16+,17+/m0/s1. The van der Waals surface area contributed by atoms with Crippen LogP contribution in [-0.2, 0) is 9.53 Å². The van der Waals surface area contributed by atoms with Gasteiger partial charge in [0.05, 0.1) is 6.61 Å². The fourth-order valence-corrected chi connectivity index (χ4v) is 5.81. The molecule has 3 nitrogen and oxygen atoms in total. The molecule has 3 heteroatoms. The summed E-state index contributed by atoms with van der Waals surface area (Å²) in [6.07, 6.45) is 9.55. The molecule has 4 bridgehead atoms. The summed E-state index contributed by atoms with van der Waals surface area (Å²) in [6, 6.07) is 0.392. The van der Waals surface area contributed by atoms with Gasteiger partial charge in [-0.05, 0) is 38.0 Å². The quantitative estimate of drug-likeness (QED) is 0.842. The molecule has 1 saturated heterocycles. The van der Waals surface area contributed by atoms with Gasteiger partial charge in [0.2, 0.25) is 0 Å². The maximum Gasteiger partial charge on any atom is 0.253 e. The highest BCUT2D eigenvalue weighted by Gasteiger charge is 2.78. The molecule has 0 aromatic rings. The molecule has 4 rings (SSSR count). The highest BCUT2D eigenvalue weighted by molar-refractivity contribution is 5.88. The highest BCUT2D eigenvalue weighted by atomic mass is 16.5. The van der Waals surface area contributed by atoms with E-state index in [1.807, 2.05) is 0 Å². The van der Waals surface area contributed by atoms with E-state index in [9.17, 15) is 4.79 Å². The monoisotopic (exact) mass is 277 g/mol. The molecule has 0 radical (unpaired) electrons. The van der Waals surface area contributed by atoms with Gasteiger partial charge in [0.25, 0.3) is 5.91 Å². The summed E-state index contributed by atoms with van der Waals surface area (Å²) in [5, 5.41) is 3.34. The maximum absolute atomic E-state index is 13.0. The lowest BCUT2D eigenvalue weighted by Crippen LogP contribution is -2.57. The van der Waals surface area contributed by atoms with Crippen LogP contribution in [0.2, 0.25) is 0 Å². The van der Waals surface area contributed by atoms with Crippen molar-refractivity contribution in [2.75, 3.05) is 6.61 Å². The molecule has 0 unspecified atom stereocenters.